The topological polar surface area (TPSA) is 38.3 Å². The minimum absolute atomic E-state index is 0.0508. The van der Waals surface area contributed by atoms with Crippen LogP contribution in [0.4, 0.5) is 0 Å². The van der Waals surface area contributed by atoms with Crippen LogP contribution in [-0.2, 0) is 13.0 Å². The summed E-state index contributed by atoms with van der Waals surface area (Å²) in [5.41, 5.74) is 2.98. The number of amides is 1. The van der Waals surface area contributed by atoms with Crippen molar-refractivity contribution in [2.75, 3.05) is 0 Å². The Balaban J connectivity index is 1.90. The zero-order chi connectivity index (χ0) is 15.9. The molecule has 3 nitrogen and oxygen atoms in total. The first-order valence-corrected chi connectivity index (χ1v) is 7.71. The van der Waals surface area contributed by atoms with E-state index in [1.165, 1.54) is 5.56 Å². The van der Waals surface area contributed by atoms with E-state index in [0.29, 0.717) is 12.1 Å². The molecule has 0 bridgehead atoms. The molecule has 1 N–H and O–H groups in total. The van der Waals surface area contributed by atoms with Gasteiger partial charge in [-0.1, -0.05) is 31.2 Å². The van der Waals surface area contributed by atoms with Crippen LogP contribution in [0.1, 0.15) is 42.3 Å². The van der Waals surface area contributed by atoms with Crippen LogP contribution in [-0.4, -0.2) is 12.0 Å². The van der Waals surface area contributed by atoms with Gasteiger partial charge in [0.25, 0.3) is 5.91 Å². The van der Waals surface area contributed by atoms with Gasteiger partial charge in [0, 0.05) is 12.1 Å². The lowest BCUT2D eigenvalue weighted by atomic mass is 10.1. The van der Waals surface area contributed by atoms with Crippen LogP contribution in [0, 0.1) is 0 Å². The number of benzene rings is 2. The van der Waals surface area contributed by atoms with E-state index in [0.717, 1.165) is 17.7 Å². The number of ether oxygens (including phenoxy) is 1. The summed E-state index contributed by atoms with van der Waals surface area (Å²) in [4.78, 5) is 12.1. The molecular formula is C19H23NO2. The molecule has 22 heavy (non-hydrogen) atoms. The SMILES string of the molecule is CCc1ccc(C(=O)NCc2ccc(OC(C)C)cc2)cc1. The molecular weight excluding hydrogens is 274 g/mol. The molecule has 0 spiro atoms. The molecule has 0 radical (unpaired) electrons. The van der Waals surface area contributed by atoms with Gasteiger partial charge in [0.2, 0.25) is 0 Å². The van der Waals surface area contributed by atoms with Crippen molar-refractivity contribution in [2.45, 2.75) is 39.8 Å². The first-order chi connectivity index (χ1) is 10.6. The Labute approximate surface area is 132 Å². The molecule has 3 heteroatoms. The highest BCUT2D eigenvalue weighted by Crippen LogP contribution is 2.14. The van der Waals surface area contributed by atoms with E-state index in [1.807, 2.05) is 62.4 Å². The maximum Gasteiger partial charge on any atom is 0.251 e. The predicted molar refractivity (Wildman–Crippen MR) is 89.2 cm³/mol. The van der Waals surface area contributed by atoms with E-state index in [-0.39, 0.29) is 12.0 Å². The molecule has 2 aromatic carbocycles. The Morgan fingerprint density at radius 2 is 1.59 bits per heavy atom. The lowest BCUT2D eigenvalue weighted by Crippen LogP contribution is -2.22. The largest absolute Gasteiger partial charge is 0.491 e. The summed E-state index contributed by atoms with van der Waals surface area (Å²) in [5, 5.41) is 2.93. The second kappa shape index (κ2) is 7.64. The minimum Gasteiger partial charge on any atom is -0.491 e. The van der Waals surface area contributed by atoms with Crippen molar-refractivity contribution < 1.29 is 9.53 Å². The van der Waals surface area contributed by atoms with Crippen LogP contribution in [0.2, 0.25) is 0 Å². The average molecular weight is 297 g/mol. The number of hydrogen-bond donors (Lipinski definition) is 1. The normalized spacial score (nSPS) is 10.5. The van der Waals surface area contributed by atoms with E-state index in [4.69, 9.17) is 4.74 Å². The third-order valence-corrected chi connectivity index (χ3v) is 3.37. The summed E-state index contributed by atoms with van der Waals surface area (Å²) >= 11 is 0. The van der Waals surface area contributed by atoms with Crippen molar-refractivity contribution in [1.29, 1.82) is 0 Å². The monoisotopic (exact) mass is 297 g/mol. The fourth-order valence-electron chi connectivity index (χ4n) is 2.13. The smallest absolute Gasteiger partial charge is 0.251 e. The van der Waals surface area contributed by atoms with Gasteiger partial charge in [-0.3, -0.25) is 4.79 Å². The number of carbonyl (C=O) groups is 1. The van der Waals surface area contributed by atoms with E-state index < -0.39 is 0 Å². The van der Waals surface area contributed by atoms with Gasteiger partial charge in [0.1, 0.15) is 5.75 Å². The third-order valence-electron chi connectivity index (χ3n) is 3.37. The first kappa shape index (κ1) is 16.1. The van der Waals surface area contributed by atoms with E-state index in [1.54, 1.807) is 0 Å². The molecule has 0 saturated heterocycles. The van der Waals surface area contributed by atoms with Crippen molar-refractivity contribution in [1.82, 2.24) is 5.32 Å². The van der Waals surface area contributed by atoms with Gasteiger partial charge >= 0.3 is 0 Å². The lowest BCUT2D eigenvalue weighted by Gasteiger charge is -2.10. The van der Waals surface area contributed by atoms with Crippen LogP contribution in [0.15, 0.2) is 48.5 Å². The van der Waals surface area contributed by atoms with Crippen LogP contribution < -0.4 is 10.1 Å². The van der Waals surface area contributed by atoms with Crippen LogP contribution in [0.3, 0.4) is 0 Å². The second-order valence-electron chi connectivity index (χ2n) is 5.54. The molecule has 0 fully saturated rings. The minimum atomic E-state index is -0.0508. The summed E-state index contributed by atoms with van der Waals surface area (Å²) in [6.45, 7) is 6.61. The van der Waals surface area contributed by atoms with Crippen molar-refractivity contribution in [3.05, 3.63) is 65.2 Å². The van der Waals surface area contributed by atoms with Crippen molar-refractivity contribution >= 4 is 5.91 Å². The van der Waals surface area contributed by atoms with E-state index in [2.05, 4.69) is 12.2 Å². The molecule has 116 valence electrons. The van der Waals surface area contributed by atoms with Gasteiger partial charge < -0.3 is 10.1 Å². The number of carbonyl (C=O) groups excluding carboxylic acids is 1. The highest BCUT2D eigenvalue weighted by Gasteiger charge is 2.05. The molecule has 0 heterocycles. The molecule has 1 amide bonds. The molecule has 2 rings (SSSR count). The third kappa shape index (κ3) is 4.62. The maximum atomic E-state index is 12.1. The Kier molecular flexibility index (Phi) is 5.59. The fourth-order valence-corrected chi connectivity index (χ4v) is 2.13. The highest BCUT2D eigenvalue weighted by molar-refractivity contribution is 5.94. The standard InChI is InChI=1S/C19H23NO2/c1-4-15-5-9-17(10-6-15)19(21)20-13-16-7-11-18(12-8-16)22-14(2)3/h5-12,14H,4,13H2,1-3H3,(H,20,21). The molecule has 0 aliphatic carbocycles. The number of nitrogens with one attached hydrogen (secondary N) is 1. The Hall–Kier alpha value is -2.29. The first-order valence-electron chi connectivity index (χ1n) is 7.71. The van der Waals surface area contributed by atoms with Gasteiger partial charge in [0.05, 0.1) is 6.10 Å². The van der Waals surface area contributed by atoms with Crippen molar-refractivity contribution in [2.24, 2.45) is 0 Å². The Morgan fingerprint density at radius 1 is 1.00 bits per heavy atom. The molecule has 0 aromatic heterocycles. The lowest BCUT2D eigenvalue weighted by molar-refractivity contribution is 0.0951. The van der Waals surface area contributed by atoms with Crippen molar-refractivity contribution in [3.8, 4) is 5.75 Å². The van der Waals surface area contributed by atoms with E-state index in [9.17, 15) is 4.79 Å². The molecule has 0 atom stereocenters. The molecule has 0 aliphatic rings. The van der Waals surface area contributed by atoms with E-state index >= 15 is 0 Å². The molecule has 2 aromatic rings. The number of aryl methyl sites for hydroxylation is 1. The summed E-state index contributed by atoms with van der Waals surface area (Å²) in [7, 11) is 0. The van der Waals surface area contributed by atoms with Gasteiger partial charge in [-0.25, -0.2) is 0 Å². The summed E-state index contributed by atoms with van der Waals surface area (Å²) in [6.07, 6.45) is 1.14. The van der Waals surface area contributed by atoms with Gasteiger partial charge in [-0.2, -0.15) is 0 Å². The predicted octanol–water partition coefficient (Wildman–Crippen LogP) is 3.97. The fraction of sp³-hybridized carbons (Fsp3) is 0.316. The average Bonchev–Trinajstić information content (AvgIpc) is 2.53. The Bertz CT molecular complexity index is 600. The van der Waals surface area contributed by atoms with Crippen molar-refractivity contribution in [3.63, 3.8) is 0 Å². The molecule has 0 aliphatic heterocycles. The summed E-state index contributed by atoms with van der Waals surface area (Å²) in [5.74, 6) is 0.797. The number of hydrogen-bond acceptors (Lipinski definition) is 2. The molecule has 0 unspecified atom stereocenters. The van der Waals surface area contributed by atoms with Gasteiger partial charge in [-0.05, 0) is 55.7 Å². The highest BCUT2D eigenvalue weighted by atomic mass is 16.5. The Morgan fingerprint density at radius 3 is 2.14 bits per heavy atom. The van der Waals surface area contributed by atoms with Crippen LogP contribution in [0.5, 0.6) is 5.75 Å². The van der Waals surface area contributed by atoms with Crippen LogP contribution in [0.25, 0.3) is 0 Å². The second-order valence-corrected chi connectivity index (χ2v) is 5.54. The summed E-state index contributed by atoms with van der Waals surface area (Å²) < 4.78 is 5.60. The summed E-state index contributed by atoms with van der Waals surface area (Å²) in [6, 6.07) is 15.5. The van der Waals surface area contributed by atoms with Gasteiger partial charge in [0.15, 0.2) is 0 Å². The quantitative estimate of drug-likeness (QED) is 0.876. The van der Waals surface area contributed by atoms with Crippen LogP contribution >= 0.6 is 0 Å². The zero-order valence-electron chi connectivity index (χ0n) is 13.4. The zero-order valence-corrected chi connectivity index (χ0v) is 13.4. The van der Waals surface area contributed by atoms with Gasteiger partial charge in [-0.15, -0.1) is 0 Å². The maximum absolute atomic E-state index is 12.1. The molecule has 0 saturated carbocycles. The number of rotatable bonds is 6.